The molecule has 5 rings (SSSR count). The van der Waals surface area contributed by atoms with E-state index in [1.165, 1.54) is 24.3 Å². The van der Waals surface area contributed by atoms with Crippen molar-refractivity contribution in [3.8, 4) is 12.1 Å². The Kier molecular flexibility index (Phi) is 5.78. The Morgan fingerprint density at radius 3 is 2.59 bits per heavy atom. The highest BCUT2D eigenvalue weighted by Gasteiger charge is 2.27. The predicted molar refractivity (Wildman–Crippen MR) is 126 cm³/mol. The lowest BCUT2D eigenvalue weighted by atomic mass is 9.84. The SMILES string of the molecule is N#CC[C@H]1CC[C@@H](n2c(CNS(=O)(=O)c3ccc(C#N)cc3)nc3cnc4[nH]ccc4c32)CC1. The number of rotatable bonds is 6. The van der Waals surface area contributed by atoms with Crippen LogP contribution < -0.4 is 4.72 Å². The van der Waals surface area contributed by atoms with Crippen molar-refractivity contribution in [2.45, 2.75) is 49.6 Å². The van der Waals surface area contributed by atoms with E-state index >= 15 is 0 Å². The Hall–Kier alpha value is -3.73. The number of imidazole rings is 1. The lowest BCUT2D eigenvalue weighted by Gasteiger charge is -2.30. The van der Waals surface area contributed by atoms with Crippen LogP contribution in [0.25, 0.3) is 22.1 Å². The highest BCUT2D eigenvalue weighted by atomic mass is 32.2. The summed E-state index contributed by atoms with van der Waals surface area (Å²) >= 11 is 0. The number of nitrogens with zero attached hydrogens (tertiary/aromatic N) is 5. The van der Waals surface area contributed by atoms with E-state index in [9.17, 15) is 8.42 Å². The van der Waals surface area contributed by atoms with E-state index in [4.69, 9.17) is 15.5 Å². The second kappa shape index (κ2) is 8.90. The van der Waals surface area contributed by atoms with Crippen molar-refractivity contribution in [1.82, 2.24) is 24.2 Å². The van der Waals surface area contributed by atoms with Crippen molar-refractivity contribution < 1.29 is 8.42 Å². The van der Waals surface area contributed by atoms with Gasteiger partial charge in [0, 0.05) is 24.0 Å². The summed E-state index contributed by atoms with van der Waals surface area (Å²) in [5.74, 6) is 1.04. The maximum absolute atomic E-state index is 12.9. The van der Waals surface area contributed by atoms with Crippen LogP contribution in [-0.4, -0.2) is 27.9 Å². The standard InChI is InChI=1S/C24H23N7O2S/c25-11-9-16-1-5-18(6-2-16)31-22(30-21-14-28-24-20(23(21)31)10-12-27-24)15-29-34(32,33)19-7-3-17(13-26)4-8-19/h3-4,7-8,10,12,14,16,18,29H,1-2,5-6,9,15H2,(H,27,28)/t16-,18+. The van der Waals surface area contributed by atoms with E-state index in [0.717, 1.165) is 47.8 Å². The van der Waals surface area contributed by atoms with E-state index in [0.29, 0.717) is 23.7 Å². The molecule has 0 radical (unpaired) electrons. The van der Waals surface area contributed by atoms with Crippen LogP contribution in [0.5, 0.6) is 0 Å². The van der Waals surface area contributed by atoms with Crippen LogP contribution in [0.2, 0.25) is 0 Å². The summed E-state index contributed by atoms with van der Waals surface area (Å²) in [6.07, 6.45) is 7.84. The molecule has 0 aliphatic heterocycles. The largest absolute Gasteiger partial charge is 0.346 e. The minimum atomic E-state index is -3.79. The molecule has 10 heteroatoms. The average molecular weight is 474 g/mol. The van der Waals surface area contributed by atoms with Gasteiger partial charge in [-0.3, -0.25) is 0 Å². The molecule has 0 spiro atoms. The van der Waals surface area contributed by atoms with Gasteiger partial charge in [-0.15, -0.1) is 0 Å². The van der Waals surface area contributed by atoms with Gasteiger partial charge < -0.3 is 9.55 Å². The number of aromatic amines is 1. The molecule has 0 amide bonds. The molecule has 1 fully saturated rings. The van der Waals surface area contributed by atoms with Gasteiger partial charge in [0.25, 0.3) is 0 Å². The minimum absolute atomic E-state index is 0.0288. The number of nitrogens with one attached hydrogen (secondary N) is 2. The Balaban J connectivity index is 1.50. The summed E-state index contributed by atoms with van der Waals surface area (Å²) in [5, 5.41) is 19.0. The molecule has 0 unspecified atom stereocenters. The van der Waals surface area contributed by atoms with Crippen LogP contribution in [0.15, 0.2) is 47.6 Å². The van der Waals surface area contributed by atoms with Crippen LogP contribution in [0.3, 0.4) is 0 Å². The Bertz CT molecular complexity index is 1530. The third-order valence-electron chi connectivity index (χ3n) is 6.58. The lowest BCUT2D eigenvalue weighted by molar-refractivity contribution is 0.277. The summed E-state index contributed by atoms with van der Waals surface area (Å²) in [7, 11) is -3.79. The molecule has 34 heavy (non-hydrogen) atoms. The van der Waals surface area contributed by atoms with Gasteiger partial charge in [0.1, 0.15) is 17.0 Å². The van der Waals surface area contributed by atoms with Gasteiger partial charge >= 0.3 is 0 Å². The summed E-state index contributed by atoms with van der Waals surface area (Å²) in [5.41, 5.74) is 2.83. The number of sulfonamides is 1. The molecule has 1 saturated carbocycles. The zero-order chi connectivity index (χ0) is 23.7. The molecule has 172 valence electrons. The van der Waals surface area contributed by atoms with Gasteiger partial charge in [0.05, 0.1) is 40.9 Å². The second-order valence-electron chi connectivity index (χ2n) is 8.63. The number of pyridine rings is 1. The van der Waals surface area contributed by atoms with Gasteiger partial charge in [0.2, 0.25) is 10.0 Å². The van der Waals surface area contributed by atoms with Crippen LogP contribution in [0, 0.1) is 28.6 Å². The third-order valence-corrected chi connectivity index (χ3v) is 8.00. The van der Waals surface area contributed by atoms with Crippen LogP contribution in [0.4, 0.5) is 0 Å². The van der Waals surface area contributed by atoms with Gasteiger partial charge in [-0.05, 0) is 61.9 Å². The smallest absolute Gasteiger partial charge is 0.240 e. The zero-order valence-electron chi connectivity index (χ0n) is 18.4. The highest BCUT2D eigenvalue weighted by molar-refractivity contribution is 7.89. The number of hydrogen-bond donors (Lipinski definition) is 2. The number of aromatic nitrogens is 4. The van der Waals surface area contributed by atoms with Crippen molar-refractivity contribution >= 4 is 32.1 Å². The van der Waals surface area contributed by atoms with E-state index in [-0.39, 0.29) is 17.5 Å². The summed E-state index contributed by atoms with van der Waals surface area (Å²) in [6, 6.07) is 12.2. The fourth-order valence-electron chi connectivity index (χ4n) is 4.85. The number of fused-ring (bicyclic) bond motifs is 3. The molecule has 9 nitrogen and oxygen atoms in total. The van der Waals surface area contributed by atoms with Crippen molar-refractivity contribution in [1.29, 1.82) is 10.5 Å². The molecule has 2 N–H and O–H groups in total. The number of benzene rings is 1. The average Bonchev–Trinajstić information content (AvgIpc) is 3.48. The van der Waals surface area contributed by atoms with Crippen molar-refractivity contribution in [2.75, 3.05) is 0 Å². The molecule has 3 heterocycles. The van der Waals surface area contributed by atoms with E-state index in [2.05, 4.69) is 25.3 Å². The van der Waals surface area contributed by atoms with Crippen molar-refractivity contribution in [3.63, 3.8) is 0 Å². The Morgan fingerprint density at radius 2 is 1.88 bits per heavy atom. The number of nitriles is 2. The first-order valence-electron chi connectivity index (χ1n) is 11.2. The molecule has 1 aliphatic carbocycles. The van der Waals surface area contributed by atoms with Gasteiger partial charge in [-0.2, -0.15) is 10.5 Å². The fourth-order valence-corrected chi connectivity index (χ4v) is 5.83. The van der Waals surface area contributed by atoms with Crippen LogP contribution >= 0.6 is 0 Å². The van der Waals surface area contributed by atoms with Crippen molar-refractivity contribution in [3.05, 3.63) is 54.1 Å². The number of H-pyrrole nitrogens is 1. The second-order valence-corrected chi connectivity index (χ2v) is 10.4. The maximum Gasteiger partial charge on any atom is 0.240 e. The molecule has 0 saturated heterocycles. The summed E-state index contributed by atoms with van der Waals surface area (Å²) in [4.78, 5) is 12.4. The highest BCUT2D eigenvalue weighted by Crippen LogP contribution is 2.37. The molecular weight excluding hydrogens is 450 g/mol. The van der Waals surface area contributed by atoms with Gasteiger partial charge in [-0.1, -0.05) is 0 Å². The van der Waals surface area contributed by atoms with Gasteiger partial charge in [-0.25, -0.2) is 23.1 Å². The topological polar surface area (TPSA) is 140 Å². The minimum Gasteiger partial charge on any atom is -0.346 e. The molecule has 1 aromatic carbocycles. The predicted octanol–water partition coefficient (Wildman–Crippen LogP) is 3.91. The molecule has 1 aliphatic rings. The van der Waals surface area contributed by atoms with E-state index < -0.39 is 10.0 Å². The first kappa shape index (κ1) is 22.1. The van der Waals surface area contributed by atoms with E-state index in [1.807, 2.05) is 18.3 Å². The molecule has 3 aromatic heterocycles. The Labute approximate surface area is 197 Å². The maximum atomic E-state index is 12.9. The third kappa shape index (κ3) is 4.03. The molecular formula is C24H23N7O2S. The quantitative estimate of drug-likeness (QED) is 0.435. The number of hydrogen-bond acceptors (Lipinski definition) is 6. The Morgan fingerprint density at radius 1 is 1.12 bits per heavy atom. The lowest BCUT2D eigenvalue weighted by Crippen LogP contribution is -2.27. The molecule has 0 atom stereocenters. The zero-order valence-corrected chi connectivity index (χ0v) is 19.2. The molecule has 0 bridgehead atoms. The first-order chi connectivity index (χ1) is 16.5. The van der Waals surface area contributed by atoms with Crippen LogP contribution in [0.1, 0.15) is 49.5 Å². The summed E-state index contributed by atoms with van der Waals surface area (Å²) < 4.78 is 30.7. The summed E-state index contributed by atoms with van der Waals surface area (Å²) in [6.45, 7) is 0.0288. The normalized spacial score (nSPS) is 18.6. The first-order valence-corrected chi connectivity index (χ1v) is 12.7. The van der Waals surface area contributed by atoms with Crippen LogP contribution in [-0.2, 0) is 16.6 Å². The fraction of sp³-hybridized carbons (Fsp3) is 0.333. The van der Waals surface area contributed by atoms with E-state index in [1.54, 1.807) is 6.20 Å². The monoisotopic (exact) mass is 473 g/mol. The molecule has 4 aromatic rings. The van der Waals surface area contributed by atoms with Gasteiger partial charge in [0.15, 0.2) is 0 Å². The van der Waals surface area contributed by atoms with Crippen molar-refractivity contribution in [2.24, 2.45) is 5.92 Å².